The molecule has 0 aliphatic heterocycles. The fourth-order valence-electron chi connectivity index (χ4n) is 12.6. The van der Waals surface area contributed by atoms with Gasteiger partial charge in [0, 0.05) is 74.4 Å². The monoisotopic (exact) mass is 1200 g/mol. The van der Waals surface area contributed by atoms with Gasteiger partial charge in [-0.05, 0) is 124 Å². The summed E-state index contributed by atoms with van der Waals surface area (Å²) in [5.41, 5.74) is 11.0. The third-order valence-corrected chi connectivity index (χ3v) is 20.7. The minimum absolute atomic E-state index is 0.00600. The molecule has 0 unspecified atom stereocenters. The Labute approximate surface area is 509 Å². The first kappa shape index (κ1) is 58.8. The fraction of sp³-hybridized carbons (Fsp3) is 0.271. The van der Waals surface area contributed by atoms with Crippen molar-refractivity contribution in [2.75, 3.05) is 11.9 Å². The third kappa shape index (κ3) is 13.4. The van der Waals surface area contributed by atoms with E-state index in [1.54, 1.807) is 54.9 Å². The van der Waals surface area contributed by atoms with Crippen LogP contribution >= 0.6 is 0 Å². The zero-order valence-corrected chi connectivity index (χ0v) is 50.7. The minimum atomic E-state index is -3.80. The van der Waals surface area contributed by atoms with Crippen molar-refractivity contribution in [2.45, 2.75) is 119 Å². The summed E-state index contributed by atoms with van der Waals surface area (Å²) in [6.07, 6.45) is 16.1. The Morgan fingerprint density at radius 2 is 0.931 bits per heavy atom. The number of ketones is 1. The maximum atomic E-state index is 13.5. The molecule has 444 valence electrons. The Balaban J connectivity index is 0.000000170. The van der Waals surface area contributed by atoms with Crippen LogP contribution in [0.3, 0.4) is 0 Å². The molecular weight excluding hydrogens is 1120 g/mol. The highest BCUT2D eigenvalue weighted by Crippen LogP contribution is 2.38. The molecular formula is C70H72N10O5S2. The highest BCUT2D eigenvalue weighted by atomic mass is 32.2. The summed E-state index contributed by atoms with van der Waals surface area (Å²) in [4.78, 5) is 37.0. The molecule has 0 amide bonds. The van der Waals surface area contributed by atoms with Gasteiger partial charge in [-0.15, -0.1) is 0 Å². The zero-order chi connectivity index (χ0) is 59.9. The summed E-state index contributed by atoms with van der Waals surface area (Å²) in [5, 5.41) is 3.13. The standard InChI is InChI=1S/C35H37N5O3S.C35H35N5O2S/c1-26-12-18-31(19-13-26)44(42,43)40-21-20-32-35(40)37-23-34(38-32)36-22-33(41)29-14-16-30(17-15-29)39(24-27-8-4-2-5-9-27)25-28-10-6-3-7-11-28;1-26-12-18-31(19-13-26)43(41,42)39-21-20-32-35(39)37-23-34-36-22-33(40(32)34)29-14-16-30(17-15-29)38(24-27-8-4-2-5-9-27)25-28-10-6-3-7-11-28/h2-13,18-21,23,29-30H,14-17,22,24-25H2,1H3,(H,36,38);2-13,18-23,29-30H,14-17,24-25H2,1H3. The first-order chi connectivity index (χ1) is 42.3. The normalized spacial score (nSPS) is 17.4. The summed E-state index contributed by atoms with van der Waals surface area (Å²) >= 11 is 0. The van der Waals surface area contributed by atoms with E-state index in [9.17, 15) is 21.6 Å². The van der Waals surface area contributed by atoms with Crippen LogP contribution in [0.25, 0.3) is 28.0 Å². The van der Waals surface area contributed by atoms with Gasteiger partial charge in [-0.25, -0.2) is 44.7 Å². The number of nitrogens with one attached hydrogen (secondary N) is 1. The van der Waals surface area contributed by atoms with Gasteiger partial charge in [0.2, 0.25) is 0 Å². The van der Waals surface area contributed by atoms with Crippen LogP contribution in [0.5, 0.6) is 0 Å². The Morgan fingerprint density at radius 3 is 1.41 bits per heavy atom. The van der Waals surface area contributed by atoms with Crippen molar-refractivity contribution in [3.8, 4) is 0 Å². The number of hydrogen-bond acceptors (Lipinski definition) is 12. The molecule has 17 heteroatoms. The molecule has 2 aliphatic rings. The lowest BCUT2D eigenvalue weighted by atomic mass is 9.82. The molecule has 13 rings (SSSR count). The molecule has 87 heavy (non-hydrogen) atoms. The van der Waals surface area contributed by atoms with Gasteiger partial charge in [0.1, 0.15) is 11.3 Å². The SMILES string of the molecule is Cc1ccc(S(=O)(=O)n2ccc3c2ncc2ncc(C4CCC(N(Cc5ccccc5)Cc5ccccc5)CC4)n23)cc1.Cc1ccc(S(=O)(=O)n2ccc3nc(NCC(=O)C4CCC(N(Cc5ccccc5)Cc5ccccc5)CC4)cnc32)cc1. The second-order valence-electron chi connectivity index (χ2n) is 23.3. The molecule has 5 heterocycles. The summed E-state index contributed by atoms with van der Waals surface area (Å²) < 4.78 is 58.0. The molecule has 0 saturated heterocycles. The van der Waals surface area contributed by atoms with E-state index in [0.717, 1.165) is 110 Å². The zero-order valence-electron chi connectivity index (χ0n) is 49.1. The summed E-state index contributed by atoms with van der Waals surface area (Å²) in [6.45, 7) is 7.63. The van der Waals surface area contributed by atoms with Gasteiger partial charge in [0.05, 0.1) is 34.2 Å². The lowest BCUT2D eigenvalue weighted by molar-refractivity contribution is -0.122. The predicted molar refractivity (Wildman–Crippen MR) is 342 cm³/mol. The second kappa shape index (κ2) is 26.2. The first-order valence-electron chi connectivity index (χ1n) is 30.1. The lowest BCUT2D eigenvalue weighted by Crippen LogP contribution is -2.39. The average molecular weight is 1200 g/mol. The molecule has 2 fully saturated rings. The number of aryl methyl sites for hydroxylation is 2. The molecule has 15 nitrogen and oxygen atoms in total. The van der Waals surface area contributed by atoms with E-state index in [1.807, 2.05) is 50.4 Å². The molecule has 5 aromatic heterocycles. The van der Waals surface area contributed by atoms with Crippen molar-refractivity contribution in [3.05, 3.63) is 252 Å². The molecule has 11 aromatic rings. The third-order valence-electron chi connectivity index (χ3n) is 17.3. The van der Waals surface area contributed by atoms with Crippen molar-refractivity contribution >= 4 is 59.6 Å². The molecule has 0 bridgehead atoms. The maximum absolute atomic E-state index is 13.5. The molecule has 0 radical (unpaired) electrons. The average Bonchev–Trinajstić information content (AvgIpc) is 1.93. The van der Waals surface area contributed by atoms with Crippen LogP contribution in [-0.2, 0) is 51.0 Å². The van der Waals surface area contributed by atoms with Crippen LogP contribution < -0.4 is 5.32 Å². The number of carbonyl (C=O) groups is 1. The van der Waals surface area contributed by atoms with Crippen LogP contribution in [0, 0.1) is 19.8 Å². The van der Waals surface area contributed by atoms with Crippen molar-refractivity contribution in [2.24, 2.45) is 5.92 Å². The Hall–Kier alpha value is -8.61. The van der Waals surface area contributed by atoms with E-state index in [0.29, 0.717) is 35.0 Å². The van der Waals surface area contributed by atoms with Crippen molar-refractivity contribution in [1.82, 2.24) is 42.1 Å². The number of nitrogens with zero attached hydrogens (tertiary/aromatic N) is 9. The summed E-state index contributed by atoms with van der Waals surface area (Å²) in [6, 6.07) is 60.6. The van der Waals surface area contributed by atoms with E-state index in [1.165, 1.54) is 38.6 Å². The number of rotatable bonds is 19. The van der Waals surface area contributed by atoms with Gasteiger partial charge >= 0.3 is 0 Å². The smallest absolute Gasteiger partial charge is 0.269 e. The van der Waals surface area contributed by atoms with Gasteiger partial charge in [-0.3, -0.25) is 19.0 Å². The van der Waals surface area contributed by atoms with E-state index in [-0.39, 0.29) is 33.7 Å². The van der Waals surface area contributed by atoms with Crippen LogP contribution in [0.2, 0.25) is 0 Å². The Kier molecular flexibility index (Phi) is 17.7. The largest absolute Gasteiger partial charge is 0.362 e. The van der Waals surface area contributed by atoms with Gasteiger partial charge < -0.3 is 5.32 Å². The molecule has 0 atom stereocenters. The topological polar surface area (TPSA) is 170 Å². The van der Waals surface area contributed by atoms with Gasteiger partial charge in [0.15, 0.2) is 22.7 Å². The molecule has 1 N–H and O–H groups in total. The minimum Gasteiger partial charge on any atom is -0.362 e. The number of imidazole rings is 1. The molecule has 6 aromatic carbocycles. The predicted octanol–water partition coefficient (Wildman–Crippen LogP) is 13.2. The number of benzene rings is 6. The quantitative estimate of drug-likeness (QED) is 0.0814. The van der Waals surface area contributed by atoms with Gasteiger partial charge in [0.25, 0.3) is 20.0 Å². The Bertz CT molecular complexity index is 4250. The van der Waals surface area contributed by atoms with E-state index < -0.39 is 20.0 Å². The van der Waals surface area contributed by atoms with E-state index in [4.69, 9.17) is 0 Å². The number of aromatic nitrogens is 7. The summed E-state index contributed by atoms with van der Waals surface area (Å²) in [7, 11) is -7.58. The van der Waals surface area contributed by atoms with Crippen molar-refractivity contribution in [1.29, 1.82) is 0 Å². The number of fused-ring (bicyclic) bond motifs is 4. The highest BCUT2D eigenvalue weighted by molar-refractivity contribution is 7.90. The van der Waals surface area contributed by atoms with Gasteiger partial charge in [-0.2, -0.15) is 0 Å². The second-order valence-corrected chi connectivity index (χ2v) is 26.9. The van der Waals surface area contributed by atoms with Crippen LogP contribution in [0.15, 0.2) is 223 Å². The van der Waals surface area contributed by atoms with Crippen LogP contribution in [0.4, 0.5) is 5.82 Å². The molecule has 2 saturated carbocycles. The number of hydrogen-bond donors (Lipinski definition) is 1. The van der Waals surface area contributed by atoms with E-state index in [2.05, 4.69) is 149 Å². The molecule has 2 aliphatic carbocycles. The van der Waals surface area contributed by atoms with E-state index >= 15 is 0 Å². The summed E-state index contributed by atoms with van der Waals surface area (Å²) in [5.74, 6) is 0.958. The number of carbonyl (C=O) groups excluding carboxylic acids is 1. The lowest BCUT2D eigenvalue weighted by Gasteiger charge is -2.37. The van der Waals surface area contributed by atoms with Crippen molar-refractivity contribution < 1.29 is 21.6 Å². The highest BCUT2D eigenvalue weighted by Gasteiger charge is 2.32. The molecule has 0 spiro atoms. The van der Waals surface area contributed by atoms with Crippen molar-refractivity contribution in [3.63, 3.8) is 0 Å². The Morgan fingerprint density at radius 1 is 0.494 bits per heavy atom. The number of anilines is 1. The van der Waals surface area contributed by atoms with Crippen LogP contribution in [-0.4, -0.2) is 83.3 Å². The fourth-order valence-corrected chi connectivity index (χ4v) is 15.2. The van der Waals surface area contributed by atoms with Crippen LogP contribution in [0.1, 0.15) is 96.4 Å². The first-order valence-corrected chi connectivity index (χ1v) is 32.9. The number of Topliss-reactive ketones (excluding diaryl/α,β-unsaturated/α-hetero) is 1. The maximum Gasteiger partial charge on any atom is 0.269 e. The van der Waals surface area contributed by atoms with Gasteiger partial charge in [-0.1, -0.05) is 157 Å².